The van der Waals surface area contributed by atoms with Crippen molar-refractivity contribution in [2.24, 2.45) is 5.92 Å². The number of hydrogen-bond acceptors (Lipinski definition) is 15. The molecular formula is C74H144O17P2. The predicted molar refractivity (Wildman–Crippen MR) is 377 cm³/mol. The zero-order valence-electron chi connectivity index (χ0n) is 60.4. The van der Waals surface area contributed by atoms with Crippen molar-refractivity contribution < 1.29 is 80.2 Å². The normalized spacial score (nSPS) is 14.0. The fourth-order valence-electron chi connectivity index (χ4n) is 11.4. The maximum absolute atomic E-state index is 13.1. The van der Waals surface area contributed by atoms with E-state index in [0.717, 1.165) is 95.8 Å². The number of aliphatic hydroxyl groups is 1. The van der Waals surface area contributed by atoms with E-state index in [1.54, 1.807) is 0 Å². The highest BCUT2D eigenvalue weighted by Gasteiger charge is 2.30. The molecule has 2 unspecified atom stereocenters. The lowest BCUT2D eigenvalue weighted by Crippen LogP contribution is -2.30. The Bertz CT molecular complexity index is 1790. The summed E-state index contributed by atoms with van der Waals surface area (Å²) in [6.07, 6.45) is 55.2. The van der Waals surface area contributed by atoms with E-state index in [0.29, 0.717) is 25.7 Å². The summed E-state index contributed by atoms with van der Waals surface area (Å²) in [4.78, 5) is 72.8. The molecule has 3 N–H and O–H groups in total. The fourth-order valence-corrected chi connectivity index (χ4v) is 12.9. The SMILES string of the molecule is CCCCCCCCCCCCCCCCC(=O)OC[C@H](COP(=O)(O)OC[C@@H](O)COP(=O)(O)OC[C@@H](COC(=O)CCCCCCCCCCCCCC)OC(=O)CCCCCCCCCCCCC(C)C)OC(=O)CCCCCCCCCCCCCCCC. The monoisotopic (exact) mass is 1370 g/mol. The van der Waals surface area contributed by atoms with Gasteiger partial charge < -0.3 is 33.8 Å². The molecule has 0 rings (SSSR count). The Kier molecular flexibility index (Phi) is 65.9. The van der Waals surface area contributed by atoms with Gasteiger partial charge in [0.05, 0.1) is 26.4 Å². The summed E-state index contributed by atoms with van der Waals surface area (Å²) in [6.45, 7) is 7.28. The number of ether oxygens (including phenoxy) is 4. The minimum Gasteiger partial charge on any atom is -0.462 e. The molecule has 17 nitrogen and oxygen atoms in total. The molecule has 0 amide bonds. The predicted octanol–water partition coefficient (Wildman–Crippen LogP) is 21.7. The van der Waals surface area contributed by atoms with E-state index in [9.17, 15) is 43.2 Å². The lowest BCUT2D eigenvalue weighted by atomic mass is 10.0. The van der Waals surface area contributed by atoms with E-state index in [1.165, 1.54) is 212 Å². The molecule has 0 heterocycles. The van der Waals surface area contributed by atoms with E-state index in [1.807, 2.05) is 0 Å². The van der Waals surface area contributed by atoms with Gasteiger partial charge in [-0.3, -0.25) is 37.3 Å². The van der Waals surface area contributed by atoms with Crippen LogP contribution in [0.2, 0.25) is 0 Å². The quantitative estimate of drug-likeness (QED) is 0.0222. The molecule has 0 spiro atoms. The van der Waals surface area contributed by atoms with Crippen LogP contribution in [0.1, 0.15) is 388 Å². The van der Waals surface area contributed by atoms with Gasteiger partial charge >= 0.3 is 39.5 Å². The van der Waals surface area contributed by atoms with Gasteiger partial charge in [-0.25, -0.2) is 9.13 Å². The first-order valence-electron chi connectivity index (χ1n) is 38.6. The van der Waals surface area contributed by atoms with Crippen molar-refractivity contribution in [2.75, 3.05) is 39.6 Å². The summed E-state index contributed by atoms with van der Waals surface area (Å²) in [7, 11) is -9.91. The third kappa shape index (κ3) is 68.4. The summed E-state index contributed by atoms with van der Waals surface area (Å²) in [5.41, 5.74) is 0. The topological polar surface area (TPSA) is 237 Å². The molecule has 0 aromatic carbocycles. The first kappa shape index (κ1) is 91.1. The van der Waals surface area contributed by atoms with Gasteiger partial charge in [-0.05, 0) is 31.6 Å². The number of carbonyl (C=O) groups is 4. The Hall–Kier alpha value is -1.94. The molecule has 552 valence electrons. The van der Waals surface area contributed by atoms with Gasteiger partial charge in [0.2, 0.25) is 0 Å². The second kappa shape index (κ2) is 67.3. The van der Waals surface area contributed by atoms with Crippen LogP contribution >= 0.6 is 15.6 Å². The molecule has 0 saturated heterocycles. The third-order valence-corrected chi connectivity index (χ3v) is 19.2. The van der Waals surface area contributed by atoms with Crippen molar-refractivity contribution in [3.63, 3.8) is 0 Å². The van der Waals surface area contributed by atoms with E-state index < -0.39 is 97.5 Å². The number of rotatable bonds is 74. The average Bonchev–Trinajstić information content (AvgIpc) is 3.70. The summed E-state index contributed by atoms with van der Waals surface area (Å²) >= 11 is 0. The molecule has 0 saturated carbocycles. The lowest BCUT2D eigenvalue weighted by Gasteiger charge is -2.21. The van der Waals surface area contributed by atoms with Crippen LogP contribution in [0.3, 0.4) is 0 Å². The molecule has 0 aromatic rings. The first-order chi connectivity index (χ1) is 45.0. The van der Waals surface area contributed by atoms with E-state index >= 15 is 0 Å². The van der Waals surface area contributed by atoms with Gasteiger partial charge in [0.25, 0.3) is 0 Å². The number of aliphatic hydroxyl groups excluding tert-OH is 1. The molecule has 5 atom stereocenters. The third-order valence-electron chi connectivity index (χ3n) is 17.3. The minimum absolute atomic E-state index is 0.107. The van der Waals surface area contributed by atoms with Crippen LogP contribution in [0.15, 0.2) is 0 Å². The standard InChI is InChI=1S/C74H144O17P2/c1-6-9-12-15-18-21-24-27-29-32-38-43-48-53-58-72(77)85-63-69(90-73(78)59-54-49-44-39-33-30-28-25-22-19-16-13-10-7-2)65-88-92(80,81)86-61-68(75)62-87-93(82,83)89-66-70(64-84-71(76)57-52-47-42-37-31-26-23-20-17-14-11-8-3)91-74(79)60-55-50-45-40-35-34-36-41-46-51-56-67(4)5/h67-70,75H,6-66H2,1-5H3,(H,80,81)(H,82,83)/t68-,69-,70-/m1/s1. The van der Waals surface area contributed by atoms with Gasteiger partial charge in [-0.1, -0.05) is 336 Å². The van der Waals surface area contributed by atoms with Crippen LogP contribution in [0, 0.1) is 5.92 Å². The Labute approximate surface area is 568 Å². The van der Waals surface area contributed by atoms with Crippen LogP contribution < -0.4 is 0 Å². The van der Waals surface area contributed by atoms with E-state index in [2.05, 4.69) is 34.6 Å². The number of phosphoric ester groups is 2. The molecule has 0 fully saturated rings. The Balaban J connectivity index is 5.26. The summed E-state index contributed by atoms with van der Waals surface area (Å²) in [6, 6.07) is 0. The molecule has 0 aliphatic carbocycles. The molecule has 0 aromatic heterocycles. The van der Waals surface area contributed by atoms with Crippen molar-refractivity contribution in [3.8, 4) is 0 Å². The summed E-state index contributed by atoms with van der Waals surface area (Å²) < 4.78 is 68.5. The van der Waals surface area contributed by atoms with E-state index in [-0.39, 0.29) is 25.7 Å². The van der Waals surface area contributed by atoms with Gasteiger partial charge in [0.1, 0.15) is 19.3 Å². The maximum Gasteiger partial charge on any atom is 0.472 e. The minimum atomic E-state index is -4.95. The Morgan fingerprint density at radius 3 is 0.731 bits per heavy atom. The van der Waals surface area contributed by atoms with Gasteiger partial charge in [-0.15, -0.1) is 0 Å². The number of unbranched alkanes of at least 4 members (excludes halogenated alkanes) is 46. The molecule has 0 bridgehead atoms. The molecule has 19 heteroatoms. The molecule has 0 aliphatic rings. The first-order valence-corrected chi connectivity index (χ1v) is 41.6. The van der Waals surface area contributed by atoms with Crippen LogP contribution in [0.4, 0.5) is 0 Å². The Morgan fingerprint density at radius 1 is 0.290 bits per heavy atom. The fraction of sp³-hybridized carbons (Fsp3) is 0.946. The largest absolute Gasteiger partial charge is 0.472 e. The number of hydrogen-bond donors (Lipinski definition) is 3. The zero-order valence-corrected chi connectivity index (χ0v) is 62.2. The zero-order chi connectivity index (χ0) is 68.4. The van der Waals surface area contributed by atoms with Crippen molar-refractivity contribution >= 4 is 39.5 Å². The molecule has 0 aliphatic heterocycles. The second-order valence-corrected chi connectivity index (χ2v) is 30.1. The van der Waals surface area contributed by atoms with Crippen LogP contribution in [-0.2, 0) is 65.4 Å². The summed E-state index contributed by atoms with van der Waals surface area (Å²) in [5.74, 6) is -1.36. The number of carbonyl (C=O) groups excluding carboxylic acids is 4. The smallest absolute Gasteiger partial charge is 0.462 e. The molecule has 93 heavy (non-hydrogen) atoms. The van der Waals surface area contributed by atoms with Crippen molar-refractivity contribution in [1.82, 2.24) is 0 Å². The van der Waals surface area contributed by atoms with Gasteiger partial charge in [-0.2, -0.15) is 0 Å². The Morgan fingerprint density at radius 2 is 0.495 bits per heavy atom. The summed E-state index contributed by atoms with van der Waals surface area (Å²) in [5, 5.41) is 10.6. The lowest BCUT2D eigenvalue weighted by molar-refractivity contribution is -0.161. The highest BCUT2D eigenvalue weighted by Crippen LogP contribution is 2.45. The van der Waals surface area contributed by atoms with Gasteiger partial charge in [0, 0.05) is 25.7 Å². The van der Waals surface area contributed by atoms with E-state index in [4.69, 9.17) is 37.0 Å². The molecule has 0 radical (unpaired) electrons. The average molecular weight is 1370 g/mol. The van der Waals surface area contributed by atoms with Crippen molar-refractivity contribution in [1.29, 1.82) is 0 Å². The number of esters is 4. The molecular weight excluding hydrogens is 1220 g/mol. The number of phosphoric acid groups is 2. The van der Waals surface area contributed by atoms with Crippen LogP contribution in [0.25, 0.3) is 0 Å². The van der Waals surface area contributed by atoms with Crippen molar-refractivity contribution in [3.05, 3.63) is 0 Å². The van der Waals surface area contributed by atoms with Crippen LogP contribution in [-0.4, -0.2) is 96.7 Å². The maximum atomic E-state index is 13.1. The highest BCUT2D eigenvalue weighted by atomic mass is 31.2. The van der Waals surface area contributed by atoms with Crippen LogP contribution in [0.5, 0.6) is 0 Å². The highest BCUT2D eigenvalue weighted by molar-refractivity contribution is 7.47. The second-order valence-electron chi connectivity index (χ2n) is 27.2. The van der Waals surface area contributed by atoms with Gasteiger partial charge in [0.15, 0.2) is 12.2 Å². The van der Waals surface area contributed by atoms with Crippen molar-refractivity contribution in [2.45, 2.75) is 406 Å².